The summed E-state index contributed by atoms with van der Waals surface area (Å²) >= 11 is 6.07. The van der Waals surface area contributed by atoms with E-state index in [1.54, 1.807) is 18.2 Å². The van der Waals surface area contributed by atoms with E-state index in [0.717, 1.165) is 19.4 Å². The van der Waals surface area contributed by atoms with Crippen LogP contribution in [0.1, 0.15) is 44.0 Å². The third-order valence-corrected chi connectivity index (χ3v) is 4.26. The van der Waals surface area contributed by atoms with Crippen molar-refractivity contribution in [3.63, 3.8) is 0 Å². The second-order valence-corrected chi connectivity index (χ2v) is 6.76. The third kappa shape index (κ3) is 5.27. The first-order chi connectivity index (χ1) is 10.4. The Bertz CT molecular complexity index is 535. The monoisotopic (exact) mass is 360 g/mol. The standard InChI is InChI=1S/C17H25ClN2O2.ClH/c1-11(2)22-16-7-6-14(18)9-15(16)17(21)20-8-4-5-13(10-20)12(3)19;/h6-7,9,11-13H,4-5,8,10,19H2,1-3H3;1H. The number of nitrogens with two attached hydrogens (primary N) is 1. The lowest BCUT2D eigenvalue weighted by Gasteiger charge is -2.35. The normalized spacial score (nSPS) is 19.2. The highest BCUT2D eigenvalue weighted by Gasteiger charge is 2.28. The summed E-state index contributed by atoms with van der Waals surface area (Å²) in [5.74, 6) is 0.919. The Balaban J connectivity index is 0.00000264. The Morgan fingerprint density at radius 2 is 2.09 bits per heavy atom. The second kappa shape index (κ2) is 8.76. The molecule has 2 rings (SSSR count). The van der Waals surface area contributed by atoms with Crippen LogP contribution in [0.25, 0.3) is 0 Å². The maximum Gasteiger partial charge on any atom is 0.257 e. The lowest BCUT2D eigenvalue weighted by atomic mass is 9.92. The lowest BCUT2D eigenvalue weighted by molar-refractivity contribution is 0.0655. The number of ether oxygens (including phenoxy) is 1. The Morgan fingerprint density at radius 3 is 2.70 bits per heavy atom. The fraction of sp³-hybridized carbons (Fsp3) is 0.588. The lowest BCUT2D eigenvalue weighted by Crippen LogP contribution is -2.45. The Kier molecular flexibility index (Phi) is 7.65. The largest absolute Gasteiger partial charge is 0.490 e. The molecule has 1 heterocycles. The molecule has 1 aliphatic heterocycles. The molecule has 0 saturated carbocycles. The molecule has 1 aromatic carbocycles. The molecule has 6 heteroatoms. The number of carbonyl (C=O) groups excluding carboxylic acids is 1. The molecule has 4 nitrogen and oxygen atoms in total. The predicted octanol–water partition coefficient (Wildman–Crippen LogP) is 3.75. The van der Waals surface area contributed by atoms with Crippen LogP contribution < -0.4 is 10.5 Å². The van der Waals surface area contributed by atoms with E-state index in [9.17, 15) is 4.79 Å². The van der Waals surface area contributed by atoms with Crippen molar-refractivity contribution in [1.82, 2.24) is 4.90 Å². The molecule has 1 fully saturated rings. The van der Waals surface area contributed by atoms with Crippen LogP contribution in [0.4, 0.5) is 0 Å². The molecule has 130 valence electrons. The van der Waals surface area contributed by atoms with E-state index in [2.05, 4.69) is 0 Å². The minimum Gasteiger partial charge on any atom is -0.490 e. The van der Waals surface area contributed by atoms with Crippen molar-refractivity contribution in [2.24, 2.45) is 11.7 Å². The summed E-state index contributed by atoms with van der Waals surface area (Å²) in [6, 6.07) is 5.30. The number of nitrogens with zero attached hydrogens (tertiary/aromatic N) is 1. The van der Waals surface area contributed by atoms with E-state index in [4.69, 9.17) is 22.1 Å². The molecule has 1 amide bonds. The summed E-state index contributed by atoms with van der Waals surface area (Å²) in [5.41, 5.74) is 6.54. The van der Waals surface area contributed by atoms with Gasteiger partial charge in [0.1, 0.15) is 5.75 Å². The van der Waals surface area contributed by atoms with Crippen molar-refractivity contribution in [2.75, 3.05) is 13.1 Å². The van der Waals surface area contributed by atoms with Gasteiger partial charge in [-0.05, 0) is 57.7 Å². The van der Waals surface area contributed by atoms with Crippen molar-refractivity contribution >= 4 is 29.9 Å². The summed E-state index contributed by atoms with van der Waals surface area (Å²) in [7, 11) is 0. The molecule has 0 spiro atoms. The highest BCUT2D eigenvalue weighted by atomic mass is 35.5. The zero-order valence-electron chi connectivity index (χ0n) is 13.9. The molecule has 0 radical (unpaired) electrons. The van der Waals surface area contributed by atoms with E-state index >= 15 is 0 Å². The first-order valence-corrected chi connectivity index (χ1v) is 8.27. The van der Waals surface area contributed by atoms with Crippen LogP contribution in [0.2, 0.25) is 5.02 Å². The third-order valence-electron chi connectivity index (χ3n) is 4.02. The summed E-state index contributed by atoms with van der Waals surface area (Å²) in [6.45, 7) is 7.34. The van der Waals surface area contributed by atoms with Gasteiger partial charge in [-0.2, -0.15) is 0 Å². The number of likely N-dealkylation sites (tertiary alicyclic amines) is 1. The number of carbonyl (C=O) groups is 1. The highest BCUT2D eigenvalue weighted by molar-refractivity contribution is 6.31. The van der Waals surface area contributed by atoms with Gasteiger partial charge in [0, 0.05) is 24.2 Å². The molecule has 2 atom stereocenters. The zero-order chi connectivity index (χ0) is 16.3. The molecule has 2 N–H and O–H groups in total. The first-order valence-electron chi connectivity index (χ1n) is 7.89. The average molecular weight is 361 g/mol. The maximum atomic E-state index is 12.9. The summed E-state index contributed by atoms with van der Waals surface area (Å²) in [5, 5.41) is 0.542. The van der Waals surface area contributed by atoms with Gasteiger partial charge in [0.25, 0.3) is 5.91 Å². The van der Waals surface area contributed by atoms with Crippen LogP contribution in [-0.2, 0) is 0 Å². The topological polar surface area (TPSA) is 55.6 Å². The van der Waals surface area contributed by atoms with Crippen LogP contribution in [0.5, 0.6) is 5.75 Å². The minimum absolute atomic E-state index is 0. The summed E-state index contributed by atoms with van der Waals surface area (Å²) in [6.07, 6.45) is 2.07. The van der Waals surface area contributed by atoms with Crippen LogP contribution in [0, 0.1) is 5.92 Å². The SMILES string of the molecule is CC(C)Oc1ccc(Cl)cc1C(=O)N1CCCC(C(C)N)C1.Cl. The Labute approximate surface area is 149 Å². The summed E-state index contributed by atoms with van der Waals surface area (Å²) < 4.78 is 5.76. The van der Waals surface area contributed by atoms with Crippen molar-refractivity contribution in [3.8, 4) is 5.75 Å². The molecular formula is C17H26Cl2N2O2. The smallest absolute Gasteiger partial charge is 0.257 e. The van der Waals surface area contributed by atoms with Crippen molar-refractivity contribution in [3.05, 3.63) is 28.8 Å². The molecular weight excluding hydrogens is 335 g/mol. The van der Waals surface area contributed by atoms with Crippen molar-refractivity contribution < 1.29 is 9.53 Å². The van der Waals surface area contributed by atoms with E-state index < -0.39 is 0 Å². The number of piperidine rings is 1. The van der Waals surface area contributed by atoms with Gasteiger partial charge in [0.2, 0.25) is 0 Å². The van der Waals surface area contributed by atoms with E-state index in [1.165, 1.54) is 0 Å². The first kappa shape index (κ1) is 20.1. The maximum absolute atomic E-state index is 12.9. The fourth-order valence-corrected chi connectivity index (χ4v) is 2.99. The van der Waals surface area contributed by atoms with Crippen LogP contribution in [0.3, 0.4) is 0 Å². The minimum atomic E-state index is -0.0245. The molecule has 1 aliphatic rings. The number of halogens is 2. The molecule has 23 heavy (non-hydrogen) atoms. The van der Waals surface area contributed by atoms with Crippen LogP contribution in [0.15, 0.2) is 18.2 Å². The summed E-state index contributed by atoms with van der Waals surface area (Å²) in [4.78, 5) is 14.7. The van der Waals surface area contributed by atoms with Gasteiger partial charge < -0.3 is 15.4 Å². The molecule has 1 saturated heterocycles. The molecule has 0 bridgehead atoms. The van der Waals surface area contributed by atoms with E-state index in [1.807, 2.05) is 25.7 Å². The van der Waals surface area contributed by atoms with Gasteiger partial charge in [-0.3, -0.25) is 4.79 Å². The number of hydrogen-bond donors (Lipinski definition) is 1. The zero-order valence-corrected chi connectivity index (χ0v) is 15.5. The second-order valence-electron chi connectivity index (χ2n) is 6.32. The average Bonchev–Trinajstić information content (AvgIpc) is 2.48. The van der Waals surface area contributed by atoms with Gasteiger partial charge in [-0.25, -0.2) is 0 Å². The van der Waals surface area contributed by atoms with Gasteiger partial charge in [-0.15, -0.1) is 12.4 Å². The van der Waals surface area contributed by atoms with Crippen molar-refractivity contribution in [1.29, 1.82) is 0 Å². The van der Waals surface area contributed by atoms with Gasteiger partial charge in [0.05, 0.1) is 11.7 Å². The van der Waals surface area contributed by atoms with Gasteiger partial charge >= 0.3 is 0 Å². The molecule has 0 aliphatic carbocycles. The number of rotatable bonds is 4. The predicted molar refractivity (Wildman–Crippen MR) is 96.7 cm³/mol. The molecule has 1 aromatic rings. The molecule has 0 aromatic heterocycles. The Hall–Kier alpha value is -0.970. The quantitative estimate of drug-likeness (QED) is 0.889. The highest BCUT2D eigenvalue weighted by Crippen LogP contribution is 2.27. The Morgan fingerprint density at radius 1 is 1.39 bits per heavy atom. The fourth-order valence-electron chi connectivity index (χ4n) is 2.82. The van der Waals surface area contributed by atoms with Crippen LogP contribution in [-0.4, -0.2) is 36.0 Å². The number of benzene rings is 1. The van der Waals surface area contributed by atoms with E-state index in [-0.39, 0.29) is 30.5 Å². The van der Waals surface area contributed by atoms with Gasteiger partial charge in [-0.1, -0.05) is 11.6 Å². The number of hydrogen-bond acceptors (Lipinski definition) is 3. The van der Waals surface area contributed by atoms with E-state index in [0.29, 0.717) is 28.8 Å². The molecule has 2 unspecified atom stereocenters. The number of amides is 1. The van der Waals surface area contributed by atoms with Gasteiger partial charge in [0.15, 0.2) is 0 Å². The van der Waals surface area contributed by atoms with Crippen molar-refractivity contribution in [2.45, 2.75) is 45.8 Å². The van der Waals surface area contributed by atoms with Crippen LogP contribution >= 0.6 is 24.0 Å².